The molecule has 3 heterocycles. The Morgan fingerprint density at radius 2 is 2.14 bits per heavy atom. The van der Waals surface area contributed by atoms with Gasteiger partial charge in [-0.1, -0.05) is 12.1 Å². The number of hydrogen-bond acceptors (Lipinski definition) is 3. The van der Waals surface area contributed by atoms with E-state index in [1.807, 2.05) is 31.2 Å². The zero-order valence-electron chi connectivity index (χ0n) is 11.9. The van der Waals surface area contributed by atoms with Gasteiger partial charge in [0.2, 0.25) is 0 Å². The van der Waals surface area contributed by atoms with Crippen LogP contribution in [0.2, 0.25) is 0 Å². The van der Waals surface area contributed by atoms with Crippen LogP contribution in [0.15, 0.2) is 50.8 Å². The third kappa shape index (κ3) is 1.95. The fourth-order valence-electron chi connectivity index (χ4n) is 2.59. The van der Waals surface area contributed by atoms with Gasteiger partial charge >= 0.3 is 0 Å². The Kier molecular flexibility index (Phi) is 2.72. The summed E-state index contributed by atoms with van der Waals surface area (Å²) in [5.74, 6) is 0.615. The van der Waals surface area contributed by atoms with Gasteiger partial charge in [0, 0.05) is 17.4 Å². The summed E-state index contributed by atoms with van der Waals surface area (Å²) in [5, 5.41) is 5.47. The van der Waals surface area contributed by atoms with Crippen molar-refractivity contribution in [3.8, 4) is 11.5 Å². The average molecular weight is 291 g/mol. The topological polar surface area (TPSA) is 74.2 Å². The molecular weight excluding hydrogens is 278 g/mol. The largest absolute Gasteiger partial charge is 0.463 e. The van der Waals surface area contributed by atoms with Crippen LogP contribution in [0.25, 0.3) is 23.1 Å². The van der Waals surface area contributed by atoms with Crippen molar-refractivity contribution in [1.29, 1.82) is 0 Å². The molecule has 1 aliphatic rings. The molecule has 108 valence electrons. The summed E-state index contributed by atoms with van der Waals surface area (Å²) in [5.41, 5.74) is 5.00. The number of aryl methyl sites for hydroxylation is 1. The summed E-state index contributed by atoms with van der Waals surface area (Å²) in [4.78, 5) is 16.5. The van der Waals surface area contributed by atoms with Crippen LogP contribution in [0.4, 0.5) is 5.69 Å². The van der Waals surface area contributed by atoms with Crippen molar-refractivity contribution in [3.05, 3.63) is 63.6 Å². The Bertz CT molecular complexity index is 956. The minimum Gasteiger partial charge on any atom is -0.463 e. The summed E-state index contributed by atoms with van der Waals surface area (Å²) in [7, 11) is 0. The predicted molar refractivity (Wildman–Crippen MR) is 86.3 cm³/mol. The maximum atomic E-state index is 12.1. The smallest absolute Gasteiger partial charge is 0.271 e. The summed E-state index contributed by atoms with van der Waals surface area (Å²) >= 11 is 0. The summed E-state index contributed by atoms with van der Waals surface area (Å²) < 4.78 is 5.37. The van der Waals surface area contributed by atoms with Crippen LogP contribution in [0, 0.1) is 6.92 Å². The number of fused-ring (bicyclic) bond motifs is 1. The number of aliphatic imine (C=N–C) groups is 1. The highest BCUT2D eigenvalue weighted by Gasteiger charge is 2.16. The molecule has 0 atom stereocenters. The van der Waals surface area contributed by atoms with Crippen LogP contribution in [0.5, 0.6) is 0 Å². The van der Waals surface area contributed by atoms with Gasteiger partial charge in [0.25, 0.3) is 5.56 Å². The molecule has 0 radical (unpaired) electrons. The number of H-pyrrole nitrogens is 2. The Labute approximate surface area is 126 Å². The molecule has 0 fully saturated rings. The van der Waals surface area contributed by atoms with Gasteiger partial charge in [0.15, 0.2) is 5.76 Å². The molecule has 5 heteroatoms. The lowest BCUT2D eigenvalue weighted by Crippen LogP contribution is -2.02. The van der Waals surface area contributed by atoms with E-state index in [0.29, 0.717) is 17.0 Å². The Morgan fingerprint density at radius 1 is 1.23 bits per heavy atom. The molecule has 5 nitrogen and oxygen atoms in total. The molecule has 3 aromatic rings. The first-order chi connectivity index (χ1) is 10.7. The van der Waals surface area contributed by atoms with Crippen LogP contribution in [-0.2, 0) is 0 Å². The van der Waals surface area contributed by atoms with Gasteiger partial charge in [-0.3, -0.25) is 20.0 Å². The van der Waals surface area contributed by atoms with Crippen molar-refractivity contribution in [2.75, 3.05) is 0 Å². The normalized spacial score (nSPS) is 14.7. The second-order valence-corrected chi connectivity index (χ2v) is 5.22. The van der Waals surface area contributed by atoms with E-state index in [2.05, 4.69) is 15.2 Å². The lowest BCUT2D eigenvalue weighted by Gasteiger charge is -2.01. The third-order valence-electron chi connectivity index (χ3n) is 3.69. The first kappa shape index (κ1) is 12.6. The maximum absolute atomic E-state index is 12.1. The number of furan rings is 1. The SMILES string of the molecule is Cc1ccc2c(c1)N=C/C2=C\c1c(-c2ccco2)[nH][nH]c1=O. The van der Waals surface area contributed by atoms with Gasteiger partial charge in [0.05, 0.1) is 17.5 Å². The van der Waals surface area contributed by atoms with E-state index in [1.165, 1.54) is 0 Å². The second kappa shape index (κ2) is 4.73. The molecule has 1 aliphatic heterocycles. The zero-order valence-corrected chi connectivity index (χ0v) is 11.9. The first-order valence-electron chi connectivity index (χ1n) is 6.94. The standard InChI is InChI=1S/C17H13N3O2/c1-10-4-5-12-11(9-18-14(12)7-10)8-13-16(19-20-17(13)21)15-3-2-6-22-15/h2-9H,1H3,(H2,19,20,21)/b11-8+. The monoisotopic (exact) mass is 291 g/mol. The van der Waals surface area contributed by atoms with Crippen molar-refractivity contribution < 1.29 is 4.42 Å². The zero-order chi connectivity index (χ0) is 15.1. The highest BCUT2D eigenvalue weighted by atomic mass is 16.3. The van der Waals surface area contributed by atoms with E-state index >= 15 is 0 Å². The number of allylic oxidation sites excluding steroid dienone is 1. The van der Waals surface area contributed by atoms with Crippen LogP contribution in [0.3, 0.4) is 0 Å². The fourth-order valence-corrected chi connectivity index (χ4v) is 2.59. The Hall–Kier alpha value is -3.08. The Morgan fingerprint density at radius 3 is 2.95 bits per heavy atom. The average Bonchev–Trinajstić information content (AvgIpc) is 3.21. The number of benzene rings is 1. The third-order valence-corrected chi connectivity index (χ3v) is 3.69. The van der Waals surface area contributed by atoms with E-state index < -0.39 is 0 Å². The fraction of sp³-hybridized carbons (Fsp3) is 0.0588. The summed E-state index contributed by atoms with van der Waals surface area (Å²) in [6.07, 6.45) is 5.19. The van der Waals surface area contributed by atoms with Gasteiger partial charge < -0.3 is 4.42 Å². The van der Waals surface area contributed by atoms with Crippen LogP contribution in [0.1, 0.15) is 16.7 Å². The van der Waals surface area contributed by atoms with Gasteiger partial charge in [-0.15, -0.1) is 0 Å². The van der Waals surface area contributed by atoms with E-state index in [1.54, 1.807) is 24.6 Å². The Balaban J connectivity index is 1.85. The van der Waals surface area contributed by atoms with Crippen molar-refractivity contribution in [3.63, 3.8) is 0 Å². The number of aromatic nitrogens is 2. The number of nitrogens with zero attached hydrogens (tertiary/aromatic N) is 1. The highest BCUT2D eigenvalue weighted by Crippen LogP contribution is 2.34. The molecule has 1 aromatic carbocycles. The number of hydrogen-bond donors (Lipinski definition) is 2. The van der Waals surface area contributed by atoms with Gasteiger partial charge in [0.1, 0.15) is 5.69 Å². The second-order valence-electron chi connectivity index (χ2n) is 5.22. The predicted octanol–water partition coefficient (Wildman–Crippen LogP) is 3.53. The summed E-state index contributed by atoms with van der Waals surface area (Å²) in [6, 6.07) is 9.68. The van der Waals surface area contributed by atoms with E-state index in [-0.39, 0.29) is 5.56 Å². The molecule has 0 bridgehead atoms. The molecule has 0 saturated carbocycles. The molecule has 0 unspecified atom stereocenters. The van der Waals surface area contributed by atoms with E-state index in [4.69, 9.17) is 4.42 Å². The lowest BCUT2D eigenvalue weighted by atomic mass is 10.0. The minimum atomic E-state index is -0.187. The summed E-state index contributed by atoms with van der Waals surface area (Å²) in [6.45, 7) is 2.03. The maximum Gasteiger partial charge on any atom is 0.271 e. The molecule has 0 amide bonds. The van der Waals surface area contributed by atoms with E-state index in [0.717, 1.165) is 22.4 Å². The molecule has 4 rings (SSSR count). The van der Waals surface area contributed by atoms with Crippen LogP contribution < -0.4 is 5.56 Å². The molecule has 22 heavy (non-hydrogen) atoms. The van der Waals surface area contributed by atoms with Crippen molar-refractivity contribution in [2.24, 2.45) is 4.99 Å². The molecule has 2 aromatic heterocycles. The van der Waals surface area contributed by atoms with Crippen molar-refractivity contribution in [1.82, 2.24) is 10.2 Å². The van der Waals surface area contributed by atoms with Crippen molar-refractivity contribution in [2.45, 2.75) is 6.92 Å². The quantitative estimate of drug-likeness (QED) is 0.758. The van der Waals surface area contributed by atoms with Crippen LogP contribution in [-0.4, -0.2) is 16.4 Å². The van der Waals surface area contributed by atoms with Gasteiger partial charge in [-0.2, -0.15) is 0 Å². The van der Waals surface area contributed by atoms with Crippen LogP contribution >= 0.6 is 0 Å². The molecular formula is C17H13N3O2. The minimum absolute atomic E-state index is 0.187. The number of aromatic amines is 2. The highest BCUT2D eigenvalue weighted by molar-refractivity contribution is 6.21. The first-order valence-corrected chi connectivity index (χ1v) is 6.94. The molecule has 2 N–H and O–H groups in total. The molecule has 0 spiro atoms. The lowest BCUT2D eigenvalue weighted by molar-refractivity contribution is 0.579. The van der Waals surface area contributed by atoms with Gasteiger partial charge in [-0.25, -0.2) is 0 Å². The number of nitrogens with one attached hydrogen (secondary N) is 2. The molecule has 0 saturated heterocycles. The van der Waals surface area contributed by atoms with E-state index in [9.17, 15) is 4.79 Å². The number of rotatable bonds is 2. The van der Waals surface area contributed by atoms with Gasteiger partial charge in [-0.05, 0) is 36.8 Å². The molecule has 0 aliphatic carbocycles. The van der Waals surface area contributed by atoms with Crippen molar-refractivity contribution >= 4 is 23.6 Å².